The molecule has 31 heavy (non-hydrogen) atoms. The van der Waals surface area contributed by atoms with E-state index < -0.39 is 0 Å². The highest BCUT2D eigenvalue weighted by molar-refractivity contribution is 6.05. The smallest absolute Gasteiger partial charge is 0.258 e. The first kappa shape index (κ1) is 21.7. The molecule has 2 amide bonds. The summed E-state index contributed by atoms with van der Waals surface area (Å²) in [5, 5.41) is 5.85. The van der Waals surface area contributed by atoms with Crippen molar-refractivity contribution in [3.8, 4) is 11.5 Å². The van der Waals surface area contributed by atoms with Crippen LogP contribution in [0, 0.1) is 0 Å². The number of hydrogen-bond donors (Lipinski definition) is 2. The van der Waals surface area contributed by atoms with Gasteiger partial charge in [-0.05, 0) is 48.5 Å². The molecule has 0 saturated heterocycles. The Balaban J connectivity index is 1.58. The zero-order valence-electron chi connectivity index (χ0n) is 17.7. The molecule has 160 valence electrons. The highest BCUT2D eigenvalue weighted by atomic mass is 16.5. The fourth-order valence-corrected chi connectivity index (χ4v) is 2.98. The van der Waals surface area contributed by atoms with E-state index in [2.05, 4.69) is 10.6 Å². The lowest BCUT2D eigenvalue weighted by molar-refractivity contribution is -0.114. The van der Waals surface area contributed by atoms with Crippen molar-refractivity contribution in [3.05, 3.63) is 78.4 Å². The zero-order valence-corrected chi connectivity index (χ0v) is 17.7. The number of amides is 2. The number of para-hydroxylation sites is 1. The molecule has 0 atom stereocenters. The Labute approximate surface area is 181 Å². The van der Waals surface area contributed by atoms with Gasteiger partial charge in [-0.25, -0.2) is 0 Å². The minimum Gasteiger partial charge on any atom is -0.497 e. The second-order valence-corrected chi connectivity index (χ2v) is 6.75. The minimum atomic E-state index is -0.240. The van der Waals surface area contributed by atoms with E-state index in [4.69, 9.17) is 9.47 Å². The molecule has 3 aromatic rings. The quantitative estimate of drug-likeness (QED) is 0.576. The third-order valence-electron chi connectivity index (χ3n) is 4.71. The molecular weight excluding hydrogens is 394 g/mol. The van der Waals surface area contributed by atoms with Crippen LogP contribution in [0.2, 0.25) is 0 Å². The molecule has 0 bridgehead atoms. The summed E-state index contributed by atoms with van der Waals surface area (Å²) in [6.07, 6.45) is 0. The lowest BCUT2D eigenvalue weighted by Gasteiger charge is -2.17. The molecule has 7 heteroatoms. The second-order valence-electron chi connectivity index (χ2n) is 6.75. The van der Waals surface area contributed by atoms with Crippen LogP contribution in [0.5, 0.6) is 11.5 Å². The molecular formula is C24H25N3O4. The number of carbonyl (C=O) groups excluding carboxylic acids is 2. The Bertz CT molecular complexity index is 1040. The van der Waals surface area contributed by atoms with Crippen LogP contribution in [0.1, 0.15) is 10.4 Å². The Hall–Kier alpha value is -4.00. The molecule has 0 spiro atoms. The van der Waals surface area contributed by atoms with Crippen LogP contribution in [-0.4, -0.2) is 39.6 Å². The van der Waals surface area contributed by atoms with Crippen LogP contribution in [0.25, 0.3) is 0 Å². The molecule has 0 saturated carbocycles. The minimum absolute atomic E-state index is 0.0532. The van der Waals surface area contributed by atoms with Gasteiger partial charge in [-0.2, -0.15) is 0 Å². The van der Waals surface area contributed by atoms with E-state index in [1.807, 2.05) is 30.3 Å². The number of methoxy groups -OCH3 is 2. The summed E-state index contributed by atoms with van der Waals surface area (Å²) >= 11 is 0. The Kier molecular flexibility index (Phi) is 7.11. The molecule has 0 radical (unpaired) electrons. The molecule has 0 heterocycles. The largest absolute Gasteiger partial charge is 0.497 e. The summed E-state index contributed by atoms with van der Waals surface area (Å²) in [6.45, 7) is 0.0532. The summed E-state index contributed by atoms with van der Waals surface area (Å²) in [7, 11) is 4.83. The predicted molar refractivity (Wildman–Crippen MR) is 122 cm³/mol. The van der Waals surface area contributed by atoms with Gasteiger partial charge in [0.15, 0.2) is 0 Å². The highest BCUT2D eigenvalue weighted by Crippen LogP contribution is 2.28. The second kappa shape index (κ2) is 10.2. The van der Waals surface area contributed by atoms with Crippen LogP contribution < -0.4 is 25.0 Å². The van der Waals surface area contributed by atoms with Gasteiger partial charge in [0.1, 0.15) is 11.5 Å². The van der Waals surface area contributed by atoms with Gasteiger partial charge >= 0.3 is 0 Å². The Morgan fingerprint density at radius 2 is 1.61 bits per heavy atom. The van der Waals surface area contributed by atoms with E-state index >= 15 is 0 Å². The van der Waals surface area contributed by atoms with Gasteiger partial charge in [0, 0.05) is 30.1 Å². The Morgan fingerprint density at radius 1 is 0.903 bits per heavy atom. The normalized spacial score (nSPS) is 10.2. The van der Waals surface area contributed by atoms with Crippen molar-refractivity contribution in [2.24, 2.45) is 0 Å². The molecule has 0 aromatic heterocycles. The average Bonchev–Trinajstić information content (AvgIpc) is 2.82. The molecule has 0 unspecified atom stereocenters. The molecule has 0 fully saturated rings. The van der Waals surface area contributed by atoms with Crippen LogP contribution in [0.3, 0.4) is 0 Å². The third kappa shape index (κ3) is 5.54. The van der Waals surface area contributed by atoms with Gasteiger partial charge < -0.3 is 25.0 Å². The summed E-state index contributed by atoms with van der Waals surface area (Å²) in [6, 6.07) is 21.6. The van der Waals surface area contributed by atoms with Crippen molar-refractivity contribution in [2.75, 3.05) is 43.3 Å². The standard InChI is InChI=1S/C24H25N3O4/c1-27(19-7-5-4-6-8-19)24(29)17-9-11-18(12-10-17)25-16-23(28)26-21-15-20(30-2)13-14-22(21)31-3/h4-15,25H,16H2,1-3H3,(H,26,28). The fraction of sp³-hybridized carbons (Fsp3) is 0.167. The van der Waals surface area contributed by atoms with E-state index in [9.17, 15) is 9.59 Å². The molecule has 3 rings (SSSR count). The summed E-state index contributed by atoms with van der Waals surface area (Å²) in [5.41, 5.74) is 2.63. The number of nitrogens with zero attached hydrogens (tertiary/aromatic N) is 1. The van der Waals surface area contributed by atoms with Gasteiger partial charge in [-0.3, -0.25) is 9.59 Å². The number of nitrogens with one attached hydrogen (secondary N) is 2. The number of hydrogen-bond acceptors (Lipinski definition) is 5. The molecule has 7 nitrogen and oxygen atoms in total. The van der Waals surface area contributed by atoms with E-state index in [0.29, 0.717) is 22.7 Å². The Morgan fingerprint density at radius 3 is 2.26 bits per heavy atom. The van der Waals surface area contributed by atoms with Crippen molar-refractivity contribution < 1.29 is 19.1 Å². The van der Waals surface area contributed by atoms with E-state index in [1.165, 1.54) is 7.11 Å². The fourth-order valence-electron chi connectivity index (χ4n) is 2.98. The van der Waals surface area contributed by atoms with E-state index in [1.54, 1.807) is 61.5 Å². The lowest BCUT2D eigenvalue weighted by Crippen LogP contribution is -2.26. The van der Waals surface area contributed by atoms with Gasteiger partial charge in [-0.1, -0.05) is 18.2 Å². The van der Waals surface area contributed by atoms with Gasteiger partial charge in [0.2, 0.25) is 5.91 Å². The SMILES string of the molecule is COc1ccc(OC)c(NC(=O)CNc2ccc(C(=O)N(C)c3ccccc3)cc2)c1. The van der Waals surface area contributed by atoms with Crippen molar-refractivity contribution in [2.45, 2.75) is 0 Å². The van der Waals surface area contributed by atoms with Crippen LogP contribution in [-0.2, 0) is 4.79 Å². The molecule has 0 aliphatic carbocycles. The van der Waals surface area contributed by atoms with Gasteiger partial charge in [0.25, 0.3) is 5.91 Å². The predicted octanol–water partition coefficient (Wildman–Crippen LogP) is 4.03. The summed E-state index contributed by atoms with van der Waals surface area (Å²) in [5.74, 6) is 0.806. The van der Waals surface area contributed by atoms with E-state index in [0.717, 1.165) is 11.4 Å². The van der Waals surface area contributed by atoms with Crippen molar-refractivity contribution >= 4 is 28.9 Å². The maximum Gasteiger partial charge on any atom is 0.258 e. The van der Waals surface area contributed by atoms with Crippen molar-refractivity contribution in [3.63, 3.8) is 0 Å². The number of benzene rings is 3. The van der Waals surface area contributed by atoms with Crippen LogP contribution in [0.15, 0.2) is 72.8 Å². The van der Waals surface area contributed by atoms with Crippen molar-refractivity contribution in [1.82, 2.24) is 0 Å². The topological polar surface area (TPSA) is 79.9 Å². The number of rotatable bonds is 8. The summed E-state index contributed by atoms with van der Waals surface area (Å²) < 4.78 is 10.5. The highest BCUT2D eigenvalue weighted by Gasteiger charge is 2.13. The monoisotopic (exact) mass is 419 g/mol. The zero-order chi connectivity index (χ0) is 22.2. The van der Waals surface area contributed by atoms with Gasteiger partial charge in [0.05, 0.1) is 26.5 Å². The number of ether oxygens (including phenoxy) is 2. The number of carbonyl (C=O) groups is 2. The summed E-state index contributed by atoms with van der Waals surface area (Å²) in [4.78, 5) is 26.6. The van der Waals surface area contributed by atoms with E-state index in [-0.39, 0.29) is 18.4 Å². The molecule has 2 N–H and O–H groups in total. The van der Waals surface area contributed by atoms with Crippen LogP contribution in [0.4, 0.5) is 17.1 Å². The maximum absolute atomic E-state index is 12.7. The average molecular weight is 419 g/mol. The van der Waals surface area contributed by atoms with Crippen LogP contribution >= 0.6 is 0 Å². The number of anilines is 3. The first-order valence-electron chi connectivity index (χ1n) is 9.70. The molecule has 3 aromatic carbocycles. The van der Waals surface area contributed by atoms with Gasteiger partial charge in [-0.15, -0.1) is 0 Å². The maximum atomic E-state index is 12.7. The first-order chi connectivity index (χ1) is 15.0. The van der Waals surface area contributed by atoms with Crippen molar-refractivity contribution in [1.29, 1.82) is 0 Å². The lowest BCUT2D eigenvalue weighted by atomic mass is 10.1. The third-order valence-corrected chi connectivity index (χ3v) is 4.71. The first-order valence-corrected chi connectivity index (χ1v) is 9.70. The molecule has 0 aliphatic rings. The molecule has 0 aliphatic heterocycles.